The molecule has 2 unspecified atom stereocenters. The van der Waals surface area contributed by atoms with E-state index in [0.717, 1.165) is 32.1 Å². The smallest absolute Gasteiger partial charge is 0.414 e. The average Bonchev–Trinajstić information content (AvgIpc) is 2.21. The molecule has 4 aliphatic carbocycles. The van der Waals surface area contributed by atoms with Crippen molar-refractivity contribution >= 4 is 12.0 Å². The molecule has 2 amide bonds. The van der Waals surface area contributed by atoms with Crippen LogP contribution in [0, 0.1) is 17.3 Å². The van der Waals surface area contributed by atoms with Crippen molar-refractivity contribution in [2.24, 2.45) is 17.3 Å². The van der Waals surface area contributed by atoms with Gasteiger partial charge in [-0.1, -0.05) is 0 Å². The Morgan fingerprint density at radius 1 is 1.14 bits per heavy atom. The van der Waals surface area contributed by atoms with E-state index >= 15 is 0 Å². The van der Waals surface area contributed by atoms with E-state index in [1.54, 1.807) is 20.8 Å². The molecule has 4 saturated carbocycles. The Labute approximate surface area is 125 Å². The van der Waals surface area contributed by atoms with E-state index in [-0.39, 0.29) is 5.91 Å². The molecular formula is C16H25NO4. The molecule has 0 saturated heterocycles. The maximum absolute atomic E-state index is 12.6. The first-order valence-electron chi connectivity index (χ1n) is 7.86. The average molecular weight is 295 g/mol. The van der Waals surface area contributed by atoms with Crippen LogP contribution in [0.2, 0.25) is 0 Å². The van der Waals surface area contributed by atoms with E-state index in [4.69, 9.17) is 4.74 Å². The predicted octanol–water partition coefficient (Wildman–Crippen LogP) is 2.37. The molecule has 4 rings (SSSR count). The second-order valence-electron chi connectivity index (χ2n) is 8.42. The van der Waals surface area contributed by atoms with Crippen LogP contribution in [0.25, 0.3) is 0 Å². The molecule has 5 nitrogen and oxygen atoms in total. The second kappa shape index (κ2) is 4.45. The number of hydrogen-bond acceptors (Lipinski definition) is 4. The number of carbonyl (C=O) groups excluding carboxylic acids is 2. The first kappa shape index (κ1) is 14.8. The lowest BCUT2D eigenvalue weighted by Crippen LogP contribution is -2.61. The van der Waals surface area contributed by atoms with Crippen LogP contribution >= 0.6 is 0 Å². The molecule has 0 spiro atoms. The van der Waals surface area contributed by atoms with Crippen LogP contribution in [0.15, 0.2) is 0 Å². The molecule has 0 aliphatic heterocycles. The third-order valence-corrected chi connectivity index (χ3v) is 5.13. The highest BCUT2D eigenvalue weighted by Gasteiger charge is 2.60. The highest BCUT2D eigenvalue weighted by atomic mass is 16.6. The van der Waals surface area contributed by atoms with Gasteiger partial charge in [0.25, 0.3) is 0 Å². The molecule has 118 valence electrons. The van der Waals surface area contributed by atoms with Gasteiger partial charge in [-0.2, -0.15) is 0 Å². The monoisotopic (exact) mass is 295 g/mol. The van der Waals surface area contributed by atoms with Gasteiger partial charge in [0, 0.05) is 0 Å². The van der Waals surface area contributed by atoms with Crippen LogP contribution in [-0.4, -0.2) is 28.3 Å². The summed E-state index contributed by atoms with van der Waals surface area (Å²) in [6.07, 6.45) is 4.12. The zero-order chi connectivity index (χ0) is 15.5. The van der Waals surface area contributed by atoms with E-state index in [1.165, 1.54) is 0 Å². The zero-order valence-electron chi connectivity index (χ0n) is 13.1. The quantitative estimate of drug-likeness (QED) is 0.778. The van der Waals surface area contributed by atoms with Gasteiger partial charge < -0.3 is 9.84 Å². The topological polar surface area (TPSA) is 75.6 Å². The normalized spacial score (nSPS) is 41.0. The zero-order valence-corrected chi connectivity index (χ0v) is 13.1. The molecule has 0 radical (unpaired) electrons. The van der Waals surface area contributed by atoms with Crippen molar-refractivity contribution in [1.29, 1.82) is 0 Å². The van der Waals surface area contributed by atoms with Gasteiger partial charge >= 0.3 is 6.09 Å². The number of carbonyl (C=O) groups is 2. The minimum absolute atomic E-state index is 0.260. The molecule has 5 heteroatoms. The Morgan fingerprint density at radius 2 is 1.71 bits per heavy atom. The number of aliphatic hydroxyl groups is 1. The van der Waals surface area contributed by atoms with Crippen LogP contribution in [0.4, 0.5) is 4.79 Å². The summed E-state index contributed by atoms with van der Waals surface area (Å²) in [5, 5.41) is 13.0. The number of alkyl carbamates (subject to hydrolysis) is 1. The Balaban J connectivity index is 1.71. The van der Waals surface area contributed by atoms with Crippen LogP contribution in [-0.2, 0) is 9.53 Å². The highest BCUT2D eigenvalue weighted by molar-refractivity contribution is 5.95. The number of imide groups is 1. The lowest BCUT2D eigenvalue weighted by Gasteiger charge is -2.59. The summed E-state index contributed by atoms with van der Waals surface area (Å²) in [6.45, 7) is 5.31. The maximum Gasteiger partial charge on any atom is 0.414 e. The molecule has 2 N–H and O–H groups in total. The van der Waals surface area contributed by atoms with Gasteiger partial charge in [0.15, 0.2) is 0 Å². The van der Waals surface area contributed by atoms with Crippen molar-refractivity contribution in [2.75, 3.05) is 0 Å². The molecule has 0 aromatic heterocycles. The molecule has 0 aromatic carbocycles. The summed E-state index contributed by atoms with van der Waals surface area (Å²) < 4.78 is 5.16. The second-order valence-corrected chi connectivity index (χ2v) is 8.42. The fraction of sp³-hybridized carbons (Fsp3) is 0.875. The number of amides is 2. The minimum atomic E-state index is -0.699. The molecule has 2 atom stereocenters. The van der Waals surface area contributed by atoms with E-state index < -0.39 is 22.7 Å². The van der Waals surface area contributed by atoms with Gasteiger partial charge in [-0.05, 0) is 71.1 Å². The molecule has 4 bridgehead atoms. The molecule has 4 fully saturated rings. The first-order valence-corrected chi connectivity index (χ1v) is 7.86. The van der Waals surface area contributed by atoms with Crippen LogP contribution in [0.1, 0.15) is 59.3 Å². The van der Waals surface area contributed by atoms with Crippen molar-refractivity contribution in [3.05, 3.63) is 0 Å². The first-order chi connectivity index (χ1) is 9.59. The summed E-state index contributed by atoms with van der Waals surface area (Å²) in [5.41, 5.74) is -1.89. The van der Waals surface area contributed by atoms with Gasteiger partial charge in [0.2, 0.25) is 5.91 Å². The molecule has 0 aromatic rings. The third kappa shape index (κ3) is 2.80. The lowest BCUT2D eigenvalue weighted by molar-refractivity contribution is -0.177. The van der Waals surface area contributed by atoms with Crippen LogP contribution in [0.3, 0.4) is 0 Å². The summed E-state index contributed by atoms with van der Waals surface area (Å²) >= 11 is 0. The largest absolute Gasteiger partial charge is 0.444 e. The molecule has 21 heavy (non-hydrogen) atoms. The number of nitrogens with one attached hydrogen (secondary N) is 1. The Bertz CT molecular complexity index is 465. The van der Waals surface area contributed by atoms with Gasteiger partial charge in [0.1, 0.15) is 5.60 Å². The van der Waals surface area contributed by atoms with Crippen molar-refractivity contribution in [3.63, 3.8) is 0 Å². The van der Waals surface area contributed by atoms with E-state index in [1.807, 2.05) is 0 Å². The third-order valence-electron chi connectivity index (χ3n) is 5.13. The summed E-state index contributed by atoms with van der Waals surface area (Å²) in [4.78, 5) is 24.4. The fourth-order valence-corrected chi connectivity index (χ4v) is 5.01. The van der Waals surface area contributed by atoms with E-state index in [9.17, 15) is 14.7 Å². The summed E-state index contributed by atoms with van der Waals surface area (Å²) in [7, 11) is 0. The van der Waals surface area contributed by atoms with Gasteiger partial charge in [-0.25, -0.2) is 4.79 Å². The number of hydrogen-bond donors (Lipinski definition) is 2. The lowest BCUT2D eigenvalue weighted by atomic mass is 9.47. The van der Waals surface area contributed by atoms with E-state index in [0.29, 0.717) is 18.3 Å². The summed E-state index contributed by atoms with van der Waals surface area (Å²) in [5.74, 6) is 0.575. The minimum Gasteiger partial charge on any atom is -0.444 e. The van der Waals surface area contributed by atoms with E-state index in [2.05, 4.69) is 5.32 Å². The molecule has 4 aliphatic rings. The molecular weight excluding hydrogens is 270 g/mol. The Morgan fingerprint density at radius 3 is 2.19 bits per heavy atom. The SMILES string of the molecule is CC(C)(C)OC(=O)NC(=O)C12CC3CC(CC(O)(C3)C1)C2. The predicted molar refractivity (Wildman–Crippen MR) is 76.4 cm³/mol. The number of ether oxygens (including phenoxy) is 1. The van der Waals surface area contributed by atoms with Crippen molar-refractivity contribution < 1.29 is 19.4 Å². The van der Waals surface area contributed by atoms with Gasteiger partial charge in [-0.3, -0.25) is 10.1 Å². The fourth-order valence-electron chi connectivity index (χ4n) is 5.01. The standard InChI is InChI=1S/C16H25NO4/c1-14(2,3)21-13(19)17-12(18)15-5-10-4-11(6-15)8-16(20,7-10)9-15/h10-11,20H,4-9H2,1-3H3,(H,17,18,19). The van der Waals surface area contributed by atoms with Gasteiger partial charge in [0.05, 0.1) is 11.0 Å². The van der Waals surface area contributed by atoms with Crippen LogP contribution in [0.5, 0.6) is 0 Å². The van der Waals surface area contributed by atoms with Crippen LogP contribution < -0.4 is 5.32 Å². The Kier molecular flexibility index (Phi) is 3.14. The Hall–Kier alpha value is -1.10. The molecule has 0 heterocycles. The van der Waals surface area contributed by atoms with Crippen molar-refractivity contribution in [1.82, 2.24) is 5.32 Å². The highest BCUT2D eigenvalue weighted by Crippen LogP contribution is 2.61. The summed E-state index contributed by atoms with van der Waals surface area (Å²) in [6, 6.07) is 0. The van der Waals surface area contributed by atoms with Crippen molar-refractivity contribution in [3.8, 4) is 0 Å². The maximum atomic E-state index is 12.6. The van der Waals surface area contributed by atoms with Crippen molar-refractivity contribution in [2.45, 2.75) is 70.5 Å². The number of rotatable bonds is 1. The van der Waals surface area contributed by atoms with Gasteiger partial charge in [-0.15, -0.1) is 0 Å².